The number of nitrogens with one attached hydrogen (secondary N) is 1. The Bertz CT molecular complexity index is 453. The predicted molar refractivity (Wildman–Crippen MR) is 80.7 cm³/mol. The molecule has 1 aliphatic carbocycles. The molecule has 108 valence electrons. The van der Waals surface area contributed by atoms with Crippen LogP contribution in [0, 0.1) is 24.2 Å². The average Bonchev–Trinajstić information content (AvgIpc) is 2.68. The summed E-state index contributed by atoms with van der Waals surface area (Å²) in [6.07, 6.45) is 5.83. The predicted octanol–water partition coefficient (Wildman–Crippen LogP) is 3.44. The topological polar surface area (TPSA) is 45.0 Å². The Hall–Kier alpha value is -1.53. The molecule has 2 rings (SSSR count). The molecular weight excluding hydrogens is 248 g/mol. The summed E-state index contributed by atoms with van der Waals surface area (Å²) in [5.41, 5.74) is 1.21. The van der Waals surface area contributed by atoms with Gasteiger partial charge in [-0.25, -0.2) is 0 Å². The molecule has 0 heterocycles. The van der Waals surface area contributed by atoms with E-state index in [0.29, 0.717) is 12.6 Å². The van der Waals surface area contributed by atoms with Crippen molar-refractivity contribution < 1.29 is 4.74 Å². The molecule has 0 amide bonds. The van der Waals surface area contributed by atoms with Crippen LogP contribution >= 0.6 is 0 Å². The van der Waals surface area contributed by atoms with Crippen molar-refractivity contribution in [2.75, 3.05) is 13.2 Å². The Kier molecular flexibility index (Phi) is 5.88. The zero-order valence-electron chi connectivity index (χ0n) is 12.3. The van der Waals surface area contributed by atoms with Crippen molar-refractivity contribution in [1.29, 1.82) is 5.26 Å². The highest BCUT2D eigenvalue weighted by atomic mass is 16.5. The fourth-order valence-corrected chi connectivity index (χ4v) is 2.82. The molecule has 2 unspecified atom stereocenters. The summed E-state index contributed by atoms with van der Waals surface area (Å²) in [4.78, 5) is 0. The minimum absolute atomic E-state index is 0.163. The highest BCUT2D eigenvalue weighted by Crippen LogP contribution is 2.22. The molecule has 1 aromatic rings. The van der Waals surface area contributed by atoms with Gasteiger partial charge in [0.1, 0.15) is 12.4 Å². The highest BCUT2D eigenvalue weighted by molar-refractivity contribution is 5.27. The fraction of sp³-hybridized carbons (Fsp3) is 0.588. The molecule has 1 fully saturated rings. The minimum atomic E-state index is 0.163. The van der Waals surface area contributed by atoms with Crippen molar-refractivity contribution in [1.82, 2.24) is 5.32 Å². The Labute approximate surface area is 121 Å². The first-order valence-corrected chi connectivity index (χ1v) is 7.62. The van der Waals surface area contributed by atoms with Crippen molar-refractivity contribution in [3.63, 3.8) is 0 Å². The molecule has 1 N–H and O–H groups in total. The molecule has 0 aliphatic heterocycles. The summed E-state index contributed by atoms with van der Waals surface area (Å²) in [7, 11) is 0. The van der Waals surface area contributed by atoms with Gasteiger partial charge in [0.05, 0.1) is 12.0 Å². The molecule has 0 aromatic heterocycles. The van der Waals surface area contributed by atoms with E-state index in [2.05, 4.69) is 24.4 Å². The smallest absolute Gasteiger partial charge is 0.119 e. The third-order valence-electron chi connectivity index (χ3n) is 3.95. The lowest BCUT2D eigenvalue weighted by atomic mass is 9.96. The van der Waals surface area contributed by atoms with Gasteiger partial charge < -0.3 is 10.1 Å². The van der Waals surface area contributed by atoms with Gasteiger partial charge >= 0.3 is 0 Å². The number of hydrogen-bond donors (Lipinski definition) is 1. The van der Waals surface area contributed by atoms with E-state index in [1.54, 1.807) is 0 Å². The number of ether oxygens (including phenoxy) is 1. The monoisotopic (exact) mass is 272 g/mol. The number of nitrogens with zero attached hydrogens (tertiary/aromatic N) is 1. The van der Waals surface area contributed by atoms with Gasteiger partial charge in [-0.15, -0.1) is 0 Å². The second-order valence-corrected chi connectivity index (χ2v) is 5.60. The zero-order chi connectivity index (χ0) is 14.2. The van der Waals surface area contributed by atoms with E-state index in [0.717, 1.165) is 25.1 Å². The van der Waals surface area contributed by atoms with Gasteiger partial charge in [-0.3, -0.25) is 0 Å². The molecule has 20 heavy (non-hydrogen) atoms. The van der Waals surface area contributed by atoms with Crippen molar-refractivity contribution in [3.8, 4) is 11.8 Å². The number of nitriles is 1. The van der Waals surface area contributed by atoms with Crippen LogP contribution in [0.3, 0.4) is 0 Å². The largest absolute Gasteiger partial charge is 0.492 e. The van der Waals surface area contributed by atoms with E-state index in [9.17, 15) is 5.26 Å². The van der Waals surface area contributed by atoms with Gasteiger partial charge in [0.25, 0.3) is 0 Å². The van der Waals surface area contributed by atoms with Gasteiger partial charge in [0.15, 0.2) is 0 Å². The Morgan fingerprint density at radius 3 is 2.95 bits per heavy atom. The van der Waals surface area contributed by atoms with Crippen LogP contribution in [-0.2, 0) is 0 Å². The van der Waals surface area contributed by atoms with E-state index in [4.69, 9.17) is 4.74 Å². The number of rotatable bonds is 5. The van der Waals surface area contributed by atoms with Crippen LogP contribution in [-0.4, -0.2) is 19.2 Å². The summed E-state index contributed by atoms with van der Waals surface area (Å²) in [6.45, 7) is 3.52. The average molecular weight is 272 g/mol. The fourth-order valence-electron chi connectivity index (χ4n) is 2.82. The lowest BCUT2D eigenvalue weighted by Crippen LogP contribution is -2.37. The van der Waals surface area contributed by atoms with Crippen LogP contribution in [0.15, 0.2) is 24.3 Å². The molecule has 2 atom stereocenters. The zero-order valence-corrected chi connectivity index (χ0v) is 12.3. The van der Waals surface area contributed by atoms with E-state index in [1.807, 2.05) is 18.2 Å². The van der Waals surface area contributed by atoms with Crippen LogP contribution < -0.4 is 10.1 Å². The van der Waals surface area contributed by atoms with Crippen LogP contribution in [0.4, 0.5) is 0 Å². The third kappa shape index (κ3) is 4.54. The normalized spacial score (nSPS) is 22.8. The maximum absolute atomic E-state index is 9.23. The first kappa shape index (κ1) is 14.9. The van der Waals surface area contributed by atoms with Gasteiger partial charge in [-0.1, -0.05) is 31.4 Å². The molecule has 0 bridgehead atoms. The summed E-state index contributed by atoms with van der Waals surface area (Å²) in [5, 5.41) is 12.7. The first-order valence-electron chi connectivity index (χ1n) is 7.62. The van der Waals surface area contributed by atoms with E-state index >= 15 is 0 Å². The summed E-state index contributed by atoms with van der Waals surface area (Å²) >= 11 is 0. The molecular formula is C17H24N2O. The lowest BCUT2D eigenvalue weighted by molar-refractivity contribution is 0.291. The molecule has 0 spiro atoms. The molecule has 0 saturated heterocycles. The number of aryl methyl sites for hydroxylation is 1. The van der Waals surface area contributed by atoms with Crippen molar-refractivity contribution >= 4 is 0 Å². The Balaban J connectivity index is 1.73. The van der Waals surface area contributed by atoms with Crippen molar-refractivity contribution in [3.05, 3.63) is 29.8 Å². The third-order valence-corrected chi connectivity index (χ3v) is 3.95. The molecule has 0 radical (unpaired) electrons. The molecule has 1 aromatic carbocycles. The maximum atomic E-state index is 9.23. The van der Waals surface area contributed by atoms with Crippen LogP contribution in [0.5, 0.6) is 5.75 Å². The highest BCUT2D eigenvalue weighted by Gasteiger charge is 2.22. The Morgan fingerprint density at radius 1 is 1.30 bits per heavy atom. The second kappa shape index (κ2) is 7.91. The Morgan fingerprint density at radius 2 is 2.15 bits per heavy atom. The summed E-state index contributed by atoms with van der Waals surface area (Å²) in [6, 6.07) is 10.9. The second-order valence-electron chi connectivity index (χ2n) is 5.60. The van der Waals surface area contributed by atoms with Crippen molar-refractivity contribution in [2.45, 2.75) is 45.1 Å². The van der Waals surface area contributed by atoms with E-state index in [-0.39, 0.29) is 5.92 Å². The summed E-state index contributed by atoms with van der Waals surface area (Å²) in [5.74, 6) is 1.08. The van der Waals surface area contributed by atoms with Gasteiger partial charge in [0.2, 0.25) is 0 Å². The molecule has 3 heteroatoms. The van der Waals surface area contributed by atoms with Crippen LogP contribution in [0.1, 0.15) is 37.7 Å². The van der Waals surface area contributed by atoms with Crippen LogP contribution in [0.25, 0.3) is 0 Å². The van der Waals surface area contributed by atoms with Gasteiger partial charge in [-0.05, 0) is 37.5 Å². The summed E-state index contributed by atoms with van der Waals surface area (Å²) < 4.78 is 5.73. The standard InChI is InChI=1S/C17H24N2O/c1-14-6-5-8-16(12-14)20-11-10-19-17-9-4-2-3-7-15(17)13-18/h5-6,8,12,15,17,19H,2-4,7,9-11H2,1H3. The van der Waals surface area contributed by atoms with E-state index in [1.165, 1.54) is 24.8 Å². The quantitative estimate of drug-likeness (QED) is 0.659. The molecule has 3 nitrogen and oxygen atoms in total. The lowest BCUT2D eigenvalue weighted by Gasteiger charge is -2.21. The van der Waals surface area contributed by atoms with Gasteiger partial charge in [0, 0.05) is 12.6 Å². The van der Waals surface area contributed by atoms with E-state index < -0.39 is 0 Å². The SMILES string of the molecule is Cc1cccc(OCCNC2CCCCCC2C#N)c1. The minimum Gasteiger partial charge on any atom is -0.492 e. The van der Waals surface area contributed by atoms with Gasteiger partial charge in [-0.2, -0.15) is 5.26 Å². The first-order chi connectivity index (χ1) is 9.79. The number of hydrogen-bond acceptors (Lipinski definition) is 3. The maximum Gasteiger partial charge on any atom is 0.119 e. The van der Waals surface area contributed by atoms with Crippen molar-refractivity contribution in [2.24, 2.45) is 5.92 Å². The molecule has 1 aliphatic rings. The van der Waals surface area contributed by atoms with Crippen LogP contribution in [0.2, 0.25) is 0 Å². The number of benzene rings is 1. The molecule has 1 saturated carbocycles.